The molecule has 0 aromatic rings. The zero-order valence-corrected chi connectivity index (χ0v) is 9.86. The van der Waals surface area contributed by atoms with Crippen molar-refractivity contribution in [1.82, 2.24) is 4.72 Å². The Kier molecular flexibility index (Phi) is 3.55. The van der Waals surface area contributed by atoms with Crippen LogP contribution in [0.25, 0.3) is 0 Å². The van der Waals surface area contributed by atoms with Gasteiger partial charge in [-0.05, 0) is 33.6 Å². The van der Waals surface area contributed by atoms with Crippen LogP contribution in [0.5, 0.6) is 0 Å². The van der Waals surface area contributed by atoms with E-state index in [1.165, 1.54) is 0 Å². The first-order valence-electron chi connectivity index (χ1n) is 4.94. The summed E-state index contributed by atoms with van der Waals surface area (Å²) in [4.78, 5) is 0. The predicted octanol–water partition coefficient (Wildman–Crippen LogP) is 0.883. The summed E-state index contributed by atoms with van der Waals surface area (Å²) in [5.74, 6) is 0. The Bertz CT molecular complexity index is 273. The van der Waals surface area contributed by atoms with Gasteiger partial charge in [-0.1, -0.05) is 0 Å². The highest BCUT2D eigenvalue weighted by molar-refractivity contribution is 7.90. The third-order valence-electron chi connectivity index (χ3n) is 2.33. The third kappa shape index (κ3) is 2.93. The van der Waals surface area contributed by atoms with Gasteiger partial charge < -0.3 is 4.74 Å². The second kappa shape index (κ2) is 4.16. The summed E-state index contributed by atoms with van der Waals surface area (Å²) in [6.07, 6.45) is 2.04. The lowest BCUT2D eigenvalue weighted by Gasteiger charge is -2.21. The van der Waals surface area contributed by atoms with Crippen LogP contribution in [-0.2, 0) is 14.8 Å². The maximum Gasteiger partial charge on any atom is 0.216 e. The normalized spacial score (nSPS) is 24.1. The fourth-order valence-electron chi connectivity index (χ4n) is 1.22. The SMILES string of the molecule is CC(C)(C)S(=O)(=O)NCC1CCCO1. The first kappa shape index (κ1) is 11.9. The smallest absolute Gasteiger partial charge is 0.216 e. The molecule has 1 atom stereocenters. The predicted molar refractivity (Wildman–Crippen MR) is 55.6 cm³/mol. The quantitative estimate of drug-likeness (QED) is 0.770. The summed E-state index contributed by atoms with van der Waals surface area (Å²) in [5.41, 5.74) is 0. The molecule has 1 aliphatic rings. The van der Waals surface area contributed by atoms with Crippen molar-refractivity contribution in [2.45, 2.75) is 44.5 Å². The molecule has 14 heavy (non-hydrogen) atoms. The fraction of sp³-hybridized carbons (Fsp3) is 1.00. The van der Waals surface area contributed by atoms with Crippen LogP contribution in [0.4, 0.5) is 0 Å². The van der Waals surface area contributed by atoms with Gasteiger partial charge in [-0.3, -0.25) is 0 Å². The molecule has 0 aliphatic carbocycles. The number of nitrogens with one attached hydrogen (secondary N) is 1. The van der Waals surface area contributed by atoms with E-state index in [4.69, 9.17) is 4.74 Å². The van der Waals surface area contributed by atoms with E-state index >= 15 is 0 Å². The number of hydrogen-bond donors (Lipinski definition) is 1. The lowest BCUT2D eigenvalue weighted by molar-refractivity contribution is 0.114. The minimum absolute atomic E-state index is 0.0622. The lowest BCUT2D eigenvalue weighted by atomic mass is 10.2. The van der Waals surface area contributed by atoms with E-state index in [2.05, 4.69) is 4.72 Å². The maximum atomic E-state index is 11.6. The van der Waals surface area contributed by atoms with E-state index < -0.39 is 14.8 Å². The van der Waals surface area contributed by atoms with Crippen molar-refractivity contribution in [3.05, 3.63) is 0 Å². The number of sulfonamides is 1. The Morgan fingerprint density at radius 2 is 2.07 bits per heavy atom. The van der Waals surface area contributed by atoms with Gasteiger partial charge in [0.15, 0.2) is 0 Å². The van der Waals surface area contributed by atoms with Gasteiger partial charge in [0.05, 0.1) is 10.9 Å². The van der Waals surface area contributed by atoms with E-state index in [1.807, 2.05) is 0 Å². The van der Waals surface area contributed by atoms with Gasteiger partial charge in [-0.2, -0.15) is 0 Å². The van der Waals surface area contributed by atoms with E-state index in [-0.39, 0.29) is 6.10 Å². The zero-order chi connectivity index (χ0) is 10.8. The molecule has 0 spiro atoms. The molecule has 1 N–H and O–H groups in total. The van der Waals surface area contributed by atoms with Crippen LogP contribution in [-0.4, -0.2) is 32.4 Å². The molecule has 1 saturated heterocycles. The second-order valence-electron chi connectivity index (χ2n) is 4.60. The standard InChI is InChI=1S/C9H19NO3S/c1-9(2,3)14(11,12)10-7-8-5-4-6-13-8/h8,10H,4-7H2,1-3H3. The van der Waals surface area contributed by atoms with Crippen molar-refractivity contribution < 1.29 is 13.2 Å². The molecule has 1 fully saturated rings. The van der Waals surface area contributed by atoms with Crippen molar-refractivity contribution in [3.8, 4) is 0 Å². The number of ether oxygens (including phenoxy) is 1. The van der Waals surface area contributed by atoms with Crippen LogP contribution in [0.2, 0.25) is 0 Å². The summed E-state index contributed by atoms with van der Waals surface area (Å²) in [6.45, 7) is 6.21. The molecule has 5 heteroatoms. The average molecular weight is 221 g/mol. The van der Waals surface area contributed by atoms with E-state index in [0.29, 0.717) is 6.54 Å². The number of hydrogen-bond acceptors (Lipinski definition) is 3. The molecule has 0 amide bonds. The van der Waals surface area contributed by atoms with Gasteiger partial charge in [0.25, 0.3) is 0 Å². The monoisotopic (exact) mass is 221 g/mol. The Hall–Kier alpha value is -0.130. The molecular weight excluding hydrogens is 202 g/mol. The van der Waals surface area contributed by atoms with Gasteiger partial charge in [-0.25, -0.2) is 13.1 Å². The molecule has 1 rings (SSSR count). The number of rotatable bonds is 3. The van der Waals surface area contributed by atoms with E-state index in [9.17, 15) is 8.42 Å². The molecular formula is C9H19NO3S. The molecule has 84 valence electrons. The van der Waals surface area contributed by atoms with Crippen LogP contribution in [0.3, 0.4) is 0 Å². The van der Waals surface area contributed by atoms with E-state index in [1.54, 1.807) is 20.8 Å². The Morgan fingerprint density at radius 3 is 2.50 bits per heavy atom. The van der Waals surface area contributed by atoms with Gasteiger partial charge in [0.1, 0.15) is 0 Å². The molecule has 1 unspecified atom stereocenters. The highest BCUT2D eigenvalue weighted by atomic mass is 32.2. The van der Waals surface area contributed by atoms with Crippen LogP contribution in [0, 0.1) is 0 Å². The summed E-state index contributed by atoms with van der Waals surface area (Å²) >= 11 is 0. The average Bonchev–Trinajstić information content (AvgIpc) is 2.50. The summed E-state index contributed by atoms with van der Waals surface area (Å²) in [7, 11) is -3.22. The van der Waals surface area contributed by atoms with Crippen molar-refractivity contribution in [3.63, 3.8) is 0 Å². The Morgan fingerprint density at radius 1 is 1.43 bits per heavy atom. The van der Waals surface area contributed by atoms with Crippen LogP contribution in [0.1, 0.15) is 33.6 Å². The zero-order valence-electron chi connectivity index (χ0n) is 9.04. The first-order chi connectivity index (χ1) is 6.33. The largest absolute Gasteiger partial charge is 0.377 e. The first-order valence-corrected chi connectivity index (χ1v) is 6.42. The molecule has 1 aliphatic heterocycles. The van der Waals surface area contributed by atoms with Crippen molar-refractivity contribution >= 4 is 10.0 Å². The molecule has 0 aromatic heterocycles. The molecule has 0 radical (unpaired) electrons. The summed E-state index contributed by atoms with van der Waals surface area (Å²) in [5, 5.41) is 0. The Balaban J connectivity index is 2.44. The molecule has 0 saturated carbocycles. The summed E-state index contributed by atoms with van der Waals surface area (Å²) < 4.78 is 30.5. The molecule has 0 aromatic carbocycles. The van der Waals surface area contributed by atoms with Crippen LogP contribution >= 0.6 is 0 Å². The summed E-state index contributed by atoms with van der Waals surface area (Å²) in [6, 6.07) is 0. The van der Waals surface area contributed by atoms with Gasteiger partial charge in [-0.15, -0.1) is 0 Å². The highest BCUT2D eigenvalue weighted by Gasteiger charge is 2.29. The molecule has 4 nitrogen and oxygen atoms in total. The van der Waals surface area contributed by atoms with Gasteiger partial charge in [0, 0.05) is 13.2 Å². The second-order valence-corrected chi connectivity index (χ2v) is 7.12. The van der Waals surface area contributed by atoms with Crippen LogP contribution in [0.15, 0.2) is 0 Å². The van der Waals surface area contributed by atoms with Gasteiger partial charge in [0.2, 0.25) is 10.0 Å². The molecule has 1 heterocycles. The minimum Gasteiger partial charge on any atom is -0.377 e. The molecule has 0 bridgehead atoms. The minimum atomic E-state index is -3.22. The third-order valence-corrected chi connectivity index (χ3v) is 4.49. The van der Waals surface area contributed by atoms with Crippen molar-refractivity contribution in [2.75, 3.05) is 13.2 Å². The topological polar surface area (TPSA) is 55.4 Å². The fourth-order valence-corrected chi connectivity index (χ4v) is 2.06. The van der Waals surface area contributed by atoms with Crippen molar-refractivity contribution in [1.29, 1.82) is 0 Å². The lowest BCUT2D eigenvalue weighted by Crippen LogP contribution is -2.42. The van der Waals surface area contributed by atoms with Crippen LogP contribution < -0.4 is 4.72 Å². The van der Waals surface area contributed by atoms with Crippen molar-refractivity contribution in [2.24, 2.45) is 0 Å². The Labute approximate surface area is 86.1 Å². The van der Waals surface area contributed by atoms with Gasteiger partial charge >= 0.3 is 0 Å². The highest BCUT2D eigenvalue weighted by Crippen LogP contribution is 2.15. The maximum absolute atomic E-state index is 11.6. The van der Waals surface area contributed by atoms with E-state index in [0.717, 1.165) is 19.4 Å².